The van der Waals surface area contributed by atoms with Gasteiger partial charge in [0.1, 0.15) is 34.2 Å². The summed E-state index contributed by atoms with van der Waals surface area (Å²) in [7, 11) is 0. The van der Waals surface area contributed by atoms with Crippen LogP contribution in [0.4, 0.5) is 0 Å². The van der Waals surface area contributed by atoms with Gasteiger partial charge in [-0.1, -0.05) is 115 Å². The second-order valence-electron chi connectivity index (χ2n) is 13.9. The average molecular weight is 663 g/mol. The molecule has 1 aromatic heterocycles. The van der Waals surface area contributed by atoms with E-state index in [1.807, 2.05) is 24.3 Å². The van der Waals surface area contributed by atoms with Crippen molar-refractivity contribution in [2.24, 2.45) is 0 Å². The highest BCUT2D eigenvalue weighted by Gasteiger charge is 2.40. The van der Waals surface area contributed by atoms with Crippen LogP contribution in [0, 0.1) is 0 Å². The fourth-order valence-corrected chi connectivity index (χ4v) is 8.90. The minimum Gasteiger partial charge on any atom is -0.458 e. The molecule has 0 fully saturated rings. The first kappa shape index (κ1) is 28.0. The first-order valence-corrected chi connectivity index (χ1v) is 17.8. The van der Waals surface area contributed by atoms with Crippen molar-refractivity contribution in [1.29, 1.82) is 0 Å². The SMILES string of the molecule is c1ccc2c(c1)Oc1cccc3c1B2c1cc(-c2c4ccccc4c(-c4ccc5oc6cc7ccccc7cc6c5c4)c4ccccc24)ccc1O3. The van der Waals surface area contributed by atoms with Crippen molar-refractivity contribution in [1.82, 2.24) is 0 Å². The lowest BCUT2D eigenvalue weighted by molar-refractivity contribution is 0.464. The third-order valence-corrected chi connectivity index (χ3v) is 11.2. The maximum Gasteiger partial charge on any atom is 0.260 e. The Labute approximate surface area is 299 Å². The minimum atomic E-state index is 0.00489. The third kappa shape index (κ3) is 3.86. The molecule has 3 heterocycles. The predicted molar refractivity (Wildman–Crippen MR) is 215 cm³/mol. The van der Waals surface area contributed by atoms with Crippen LogP contribution in [0.1, 0.15) is 0 Å². The summed E-state index contributed by atoms with van der Waals surface area (Å²) in [4.78, 5) is 0. The summed E-state index contributed by atoms with van der Waals surface area (Å²) in [6.45, 7) is 0.00489. The fraction of sp³-hybridized carbons (Fsp3) is 0. The van der Waals surface area contributed by atoms with Crippen molar-refractivity contribution in [3.8, 4) is 45.3 Å². The Morgan fingerprint density at radius 3 is 1.60 bits per heavy atom. The molecule has 4 heteroatoms. The standard InChI is InChI=1S/C48H27BO3/c1-2-11-29-27-45-37(24-28(29)10-1)36-25-30(20-22-40(36)50-45)46-32-12-3-5-14-34(32)47(35-15-6-4-13-33(35)46)31-21-23-42-39(26-31)49-38-16-7-8-17-41(38)51-43-18-9-19-44(52-42)48(43)49/h1-27H. The molecule has 0 saturated carbocycles. The number of hydrogen-bond acceptors (Lipinski definition) is 3. The number of para-hydroxylation sites is 1. The largest absolute Gasteiger partial charge is 0.458 e. The van der Waals surface area contributed by atoms with Crippen molar-refractivity contribution in [3.05, 3.63) is 164 Å². The summed E-state index contributed by atoms with van der Waals surface area (Å²) < 4.78 is 19.4. The molecule has 0 N–H and O–H groups in total. The van der Waals surface area contributed by atoms with E-state index in [2.05, 4.69) is 140 Å². The van der Waals surface area contributed by atoms with Crippen molar-refractivity contribution in [2.45, 2.75) is 0 Å². The van der Waals surface area contributed by atoms with Crippen molar-refractivity contribution >= 4 is 77.4 Å². The maximum atomic E-state index is 6.58. The zero-order valence-corrected chi connectivity index (χ0v) is 27.9. The van der Waals surface area contributed by atoms with E-state index >= 15 is 0 Å². The van der Waals surface area contributed by atoms with Crippen LogP contribution in [0.2, 0.25) is 0 Å². The van der Waals surface area contributed by atoms with Gasteiger partial charge in [0.05, 0.1) is 0 Å². The maximum absolute atomic E-state index is 6.58. The Morgan fingerprint density at radius 1 is 0.346 bits per heavy atom. The van der Waals surface area contributed by atoms with Crippen molar-refractivity contribution in [2.75, 3.05) is 0 Å². The molecule has 2 aliphatic heterocycles. The molecule has 0 unspecified atom stereocenters. The van der Waals surface area contributed by atoms with Gasteiger partial charge in [-0.2, -0.15) is 0 Å². The Balaban J connectivity index is 1.10. The number of furan rings is 1. The molecule has 2 aliphatic rings. The van der Waals surface area contributed by atoms with E-state index in [1.165, 1.54) is 49.0 Å². The van der Waals surface area contributed by atoms with Crippen LogP contribution in [0.3, 0.4) is 0 Å². The van der Waals surface area contributed by atoms with E-state index in [0.29, 0.717) is 0 Å². The van der Waals surface area contributed by atoms with Crippen LogP contribution >= 0.6 is 0 Å². The molecule has 0 atom stereocenters. The van der Waals surface area contributed by atoms with Gasteiger partial charge in [0, 0.05) is 16.2 Å². The summed E-state index contributed by atoms with van der Waals surface area (Å²) in [5, 5.41) is 9.51. The van der Waals surface area contributed by atoms with Gasteiger partial charge >= 0.3 is 0 Å². The molecule has 52 heavy (non-hydrogen) atoms. The Morgan fingerprint density at radius 2 is 0.885 bits per heavy atom. The normalized spacial score (nSPS) is 12.9. The number of hydrogen-bond donors (Lipinski definition) is 0. The van der Waals surface area contributed by atoms with Crippen molar-refractivity contribution < 1.29 is 13.9 Å². The molecule has 0 saturated heterocycles. The molecule has 3 nitrogen and oxygen atoms in total. The molecule has 10 aromatic rings. The third-order valence-electron chi connectivity index (χ3n) is 11.2. The molecule has 0 aliphatic carbocycles. The van der Waals surface area contributed by atoms with Crippen molar-refractivity contribution in [3.63, 3.8) is 0 Å². The Bertz CT molecular complexity index is 3080. The minimum absolute atomic E-state index is 0.00489. The molecule has 0 bridgehead atoms. The van der Waals surface area contributed by atoms with E-state index in [9.17, 15) is 0 Å². The second kappa shape index (κ2) is 10.4. The van der Waals surface area contributed by atoms with E-state index < -0.39 is 0 Å². The first-order chi connectivity index (χ1) is 25.8. The van der Waals surface area contributed by atoms with Gasteiger partial charge in [-0.05, 0) is 114 Å². The highest BCUT2D eigenvalue weighted by molar-refractivity contribution is 6.98. The fourth-order valence-electron chi connectivity index (χ4n) is 8.90. The van der Waals surface area contributed by atoms with Crippen LogP contribution in [0.15, 0.2) is 168 Å². The first-order valence-electron chi connectivity index (χ1n) is 17.8. The quantitative estimate of drug-likeness (QED) is 0.136. The van der Waals surface area contributed by atoms with E-state index in [4.69, 9.17) is 13.9 Å². The monoisotopic (exact) mass is 662 g/mol. The molecule has 0 spiro atoms. The van der Waals surface area contributed by atoms with E-state index in [-0.39, 0.29) is 6.71 Å². The number of ether oxygens (including phenoxy) is 2. The summed E-state index contributed by atoms with van der Waals surface area (Å²) in [6.07, 6.45) is 0. The van der Waals surface area contributed by atoms with E-state index in [1.54, 1.807) is 0 Å². The van der Waals surface area contributed by atoms with Gasteiger partial charge in [0.15, 0.2) is 0 Å². The molecular weight excluding hydrogens is 635 g/mol. The highest BCUT2D eigenvalue weighted by Crippen LogP contribution is 2.45. The lowest BCUT2D eigenvalue weighted by Crippen LogP contribution is -2.57. The molecule has 12 rings (SSSR count). The van der Waals surface area contributed by atoms with Crippen LogP contribution in [0.25, 0.3) is 76.5 Å². The smallest absolute Gasteiger partial charge is 0.260 e. The zero-order valence-electron chi connectivity index (χ0n) is 27.9. The topological polar surface area (TPSA) is 31.6 Å². The molecule has 0 radical (unpaired) electrons. The number of rotatable bonds is 2. The lowest BCUT2D eigenvalue weighted by Gasteiger charge is -2.33. The van der Waals surface area contributed by atoms with Gasteiger partial charge in [-0.15, -0.1) is 0 Å². The van der Waals surface area contributed by atoms with Crippen LogP contribution in [0.5, 0.6) is 23.0 Å². The van der Waals surface area contributed by atoms with Gasteiger partial charge in [-0.25, -0.2) is 0 Å². The van der Waals surface area contributed by atoms with Gasteiger partial charge in [0.25, 0.3) is 6.71 Å². The highest BCUT2D eigenvalue weighted by atomic mass is 16.5. The van der Waals surface area contributed by atoms with Crippen LogP contribution < -0.4 is 25.9 Å². The number of benzene rings is 9. The van der Waals surface area contributed by atoms with Gasteiger partial charge in [0.2, 0.25) is 0 Å². The predicted octanol–water partition coefficient (Wildman–Crippen LogP) is 11.1. The van der Waals surface area contributed by atoms with Gasteiger partial charge in [-0.3, -0.25) is 0 Å². The number of fused-ring (bicyclic) bond motifs is 10. The van der Waals surface area contributed by atoms with Crippen LogP contribution in [-0.4, -0.2) is 6.71 Å². The van der Waals surface area contributed by atoms with E-state index in [0.717, 1.165) is 66.9 Å². The van der Waals surface area contributed by atoms with Gasteiger partial charge < -0.3 is 13.9 Å². The summed E-state index contributed by atoms with van der Waals surface area (Å²) in [6, 6.07) is 58.5. The molecule has 9 aromatic carbocycles. The second-order valence-corrected chi connectivity index (χ2v) is 13.9. The Kier molecular flexibility index (Phi) is 5.58. The summed E-state index contributed by atoms with van der Waals surface area (Å²) in [5.41, 5.74) is 9.98. The zero-order chi connectivity index (χ0) is 33.9. The lowest BCUT2D eigenvalue weighted by atomic mass is 9.35. The summed E-state index contributed by atoms with van der Waals surface area (Å²) >= 11 is 0. The molecule has 240 valence electrons. The average Bonchev–Trinajstić information content (AvgIpc) is 3.55. The Hall–Kier alpha value is -6.78. The summed E-state index contributed by atoms with van der Waals surface area (Å²) in [5.74, 6) is 3.49. The molecule has 0 amide bonds. The van der Waals surface area contributed by atoms with Crippen LogP contribution in [-0.2, 0) is 0 Å². The molecular formula is C48H27BO3.